The second-order valence-corrected chi connectivity index (χ2v) is 7.76. The summed E-state index contributed by atoms with van der Waals surface area (Å²) in [5, 5.41) is 3.87. The van der Waals surface area contributed by atoms with Crippen molar-refractivity contribution < 1.29 is 17.9 Å². The van der Waals surface area contributed by atoms with Crippen molar-refractivity contribution in [3.05, 3.63) is 23.9 Å². The molecule has 146 valence electrons. The van der Waals surface area contributed by atoms with Crippen LogP contribution in [0.5, 0.6) is 5.88 Å². The number of guanidine groups is 1. The van der Waals surface area contributed by atoms with Crippen molar-refractivity contribution in [1.29, 1.82) is 0 Å². The smallest absolute Gasteiger partial charge is 0.422 e. The van der Waals surface area contributed by atoms with Gasteiger partial charge in [0.15, 0.2) is 12.6 Å². The summed E-state index contributed by atoms with van der Waals surface area (Å²) >= 11 is 2.00. The molecule has 1 atom stereocenters. The highest BCUT2D eigenvalue weighted by atomic mass is 32.2. The predicted octanol–water partition coefficient (Wildman–Crippen LogP) is 3.17. The molecule has 2 heterocycles. The molecule has 1 aliphatic heterocycles. The van der Waals surface area contributed by atoms with Gasteiger partial charge in [-0.2, -0.15) is 24.9 Å². The molecule has 2 rings (SSSR count). The number of hydrogen-bond acceptors (Lipinski definition) is 4. The minimum atomic E-state index is -4.37. The highest BCUT2D eigenvalue weighted by molar-refractivity contribution is 8.00. The van der Waals surface area contributed by atoms with E-state index in [-0.39, 0.29) is 5.88 Å². The molecule has 0 aliphatic carbocycles. The fraction of sp³-hybridized carbons (Fsp3) is 0.647. The number of pyridine rings is 1. The lowest BCUT2D eigenvalue weighted by Crippen LogP contribution is -2.48. The number of aromatic nitrogens is 1. The maximum absolute atomic E-state index is 12.1. The molecule has 26 heavy (non-hydrogen) atoms. The van der Waals surface area contributed by atoms with E-state index in [2.05, 4.69) is 38.8 Å². The number of thioether (sulfide) groups is 1. The molecule has 1 aliphatic rings. The van der Waals surface area contributed by atoms with Gasteiger partial charge in [0.25, 0.3) is 0 Å². The molecule has 1 fully saturated rings. The lowest BCUT2D eigenvalue weighted by Gasteiger charge is -2.36. The standard InChI is InChI=1S/C17H25F3N4OS/c1-12(2)14-10-24(6-7-26-14)16(21-3)23-9-13-4-5-15(22-8-13)25-11-17(18,19)20/h4-5,8,12,14H,6-7,9-11H2,1-3H3,(H,21,23). The van der Waals surface area contributed by atoms with Gasteiger partial charge in [0.05, 0.1) is 0 Å². The zero-order valence-corrected chi connectivity index (χ0v) is 16.0. The van der Waals surface area contributed by atoms with Crippen LogP contribution in [-0.4, -0.2) is 59.8 Å². The van der Waals surface area contributed by atoms with Crippen LogP contribution in [0, 0.1) is 5.92 Å². The highest BCUT2D eigenvalue weighted by Crippen LogP contribution is 2.25. The lowest BCUT2D eigenvalue weighted by molar-refractivity contribution is -0.154. The maximum Gasteiger partial charge on any atom is 0.422 e. The number of ether oxygens (including phenoxy) is 1. The molecule has 1 unspecified atom stereocenters. The third-order valence-corrected chi connectivity index (χ3v) is 5.52. The molecule has 0 spiro atoms. The summed E-state index contributed by atoms with van der Waals surface area (Å²) in [6, 6.07) is 3.14. The normalized spacial score (nSPS) is 19.0. The van der Waals surface area contributed by atoms with Crippen molar-refractivity contribution in [2.45, 2.75) is 31.8 Å². The molecule has 0 radical (unpaired) electrons. The van der Waals surface area contributed by atoms with Gasteiger partial charge in [0.2, 0.25) is 5.88 Å². The first-order valence-corrected chi connectivity index (χ1v) is 9.55. The minimum Gasteiger partial charge on any atom is -0.468 e. The number of hydrogen-bond donors (Lipinski definition) is 1. The molecular weight excluding hydrogens is 365 g/mol. The van der Waals surface area contributed by atoms with Crippen LogP contribution in [0.4, 0.5) is 13.2 Å². The summed E-state index contributed by atoms with van der Waals surface area (Å²) in [6.07, 6.45) is -2.86. The van der Waals surface area contributed by atoms with Crippen molar-refractivity contribution in [2.75, 3.05) is 32.5 Å². The predicted molar refractivity (Wildman–Crippen MR) is 98.6 cm³/mol. The van der Waals surface area contributed by atoms with Gasteiger partial charge in [-0.15, -0.1) is 0 Å². The summed E-state index contributed by atoms with van der Waals surface area (Å²) < 4.78 is 41.0. The van der Waals surface area contributed by atoms with E-state index >= 15 is 0 Å². The van der Waals surface area contributed by atoms with E-state index in [4.69, 9.17) is 0 Å². The fourth-order valence-electron chi connectivity index (χ4n) is 2.54. The molecule has 5 nitrogen and oxygen atoms in total. The molecule has 1 aromatic rings. The molecule has 0 bridgehead atoms. The molecule has 0 amide bonds. The van der Waals surface area contributed by atoms with Gasteiger partial charge >= 0.3 is 6.18 Å². The largest absolute Gasteiger partial charge is 0.468 e. The molecule has 1 N–H and O–H groups in total. The molecule has 1 saturated heterocycles. The summed E-state index contributed by atoms with van der Waals surface area (Å²) in [4.78, 5) is 10.5. The van der Waals surface area contributed by atoms with Gasteiger partial charge in [-0.1, -0.05) is 19.9 Å². The van der Waals surface area contributed by atoms with E-state index in [1.54, 1.807) is 13.1 Å². The topological polar surface area (TPSA) is 49.8 Å². The van der Waals surface area contributed by atoms with Crippen molar-refractivity contribution >= 4 is 17.7 Å². The van der Waals surface area contributed by atoms with Gasteiger partial charge in [0, 0.05) is 49.9 Å². The number of rotatable bonds is 5. The monoisotopic (exact) mass is 390 g/mol. The van der Waals surface area contributed by atoms with E-state index in [1.165, 1.54) is 12.3 Å². The second kappa shape index (κ2) is 9.34. The average molecular weight is 390 g/mol. The van der Waals surface area contributed by atoms with Crippen LogP contribution in [0.1, 0.15) is 19.4 Å². The fourth-order valence-corrected chi connectivity index (χ4v) is 3.84. The van der Waals surface area contributed by atoms with Crippen molar-refractivity contribution in [1.82, 2.24) is 15.2 Å². The summed E-state index contributed by atoms with van der Waals surface area (Å²) in [5.74, 6) is 2.46. The molecule has 0 aromatic carbocycles. The van der Waals surface area contributed by atoms with E-state index in [1.807, 2.05) is 11.8 Å². The van der Waals surface area contributed by atoms with Crippen LogP contribution in [-0.2, 0) is 6.54 Å². The van der Waals surface area contributed by atoms with Crippen molar-refractivity contribution in [2.24, 2.45) is 10.9 Å². The molecule has 0 saturated carbocycles. The van der Waals surface area contributed by atoms with E-state index in [0.29, 0.717) is 17.7 Å². The van der Waals surface area contributed by atoms with Crippen molar-refractivity contribution in [3.8, 4) is 5.88 Å². The Hall–Kier alpha value is -1.64. The first-order valence-electron chi connectivity index (χ1n) is 8.50. The molecule has 9 heteroatoms. The Balaban J connectivity index is 1.86. The SMILES string of the molecule is CN=C(NCc1ccc(OCC(F)(F)F)nc1)N1CCSC(C(C)C)C1. The zero-order chi connectivity index (χ0) is 19.2. The lowest BCUT2D eigenvalue weighted by atomic mass is 10.1. The first-order chi connectivity index (χ1) is 12.3. The van der Waals surface area contributed by atoms with Crippen LogP contribution in [0.25, 0.3) is 0 Å². The van der Waals surface area contributed by atoms with Crippen molar-refractivity contribution in [3.63, 3.8) is 0 Å². The van der Waals surface area contributed by atoms with E-state index in [0.717, 1.165) is 30.4 Å². The van der Waals surface area contributed by atoms with Gasteiger partial charge in [-0.3, -0.25) is 4.99 Å². The Kier molecular flexibility index (Phi) is 7.43. The van der Waals surface area contributed by atoms with Gasteiger partial charge < -0.3 is 15.0 Å². The van der Waals surface area contributed by atoms with Crippen LogP contribution in [0.2, 0.25) is 0 Å². The van der Waals surface area contributed by atoms with Gasteiger partial charge in [0.1, 0.15) is 0 Å². The first kappa shape index (κ1) is 20.7. The van der Waals surface area contributed by atoms with Crippen LogP contribution in [0.15, 0.2) is 23.3 Å². The number of nitrogens with one attached hydrogen (secondary N) is 1. The Labute approximate surface area is 156 Å². The van der Waals surface area contributed by atoms with Crippen LogP contribution < -0.4 is 10.1 Å². The molecule has 1 aromatic heterocycles. The number of halogens is 3. The average Bonchev–Trinajstić information content (AvgIpc) is 2.61. The Bertz CT molecular complexity index is 593. The quantitative estimate of drug-likeness (QED) is 0.618. The van der Waals surface area contributed by atoms with Crippen LogP contribution in [0.3, 0.4) is 0 Å². The summed E-state index contributed by atoms with van der Waals surface area (Å²) in [7, 11) is 1.75. The van der Waals surface area contributed by atoms with Gasteiger partial charge in [-0.05, 0) is 11.5 Å². The van der Waals surface area contributed by atoms with E-state index < -0.39 is 12.8 Å². The Morgan fingerprint density at radius 2 is 2.23 bits per heavy atom. The number of nitrogens with zero attached hydrogens (tertiary/aromatic N) is 3. The third kappa shape index (κ3) is 6.59. The minimum absolute atomic E-state index is 0.0386. The number of aliphatic imine (C=N–C) groups is 1. The zero-order valence-electron chi connectivity index (χ0n) is 15.2. The maximum atomic E-state index is 12.1. The molecular formula is C17H25F3N4OS. The Morgan fingerprint density at radius 3 is 2.81 bits per heavy atom. The summed E-state index contributed by atoms with van der Waals surface area (Å²) in [6.45, 7) is 5.50. The highest BCUT2D eigenvalue weighted by Gasteiger charge is 2.28. The second-order valence-electron chi connectivity index (χ2n) is 6.41. The third-order valence-electron chi connectivity index (χ3n) is 3.98. The summed E-state index contributed by atoms with van der Waals surface area (Å²) in [5.41, 5.74) is 0.845. The van der Waals surface area contributed by atoms with Crippen LogP contribution >= 0.6 is 11.8 Å². The van der Waals surface area contributed by atoms with Gasteiger partial charge in [-0.25, -0.2) is 4.98 Å². The van der Waals surface area contributed by atoms with E-state index in [9.17, 15) is 13.2 Å². The number of alkyl halides is 3. The Morgan fingerprint density at radius 1 is 1.46 bits per heavy atom.